The summed E-state index contributed by atoms with van der Waals surface area (Å²) in [6.45, 7) is 5.05. The van der Waals surface area contributed by atoms with E-state index in [0.717, 1.165) is 44.8 Å². The second kappa shape index (κ2) is 5.87. The van der Waals surface area contributed by atoms with E-state index in [4.69, 9.17) is 4.74 Å². The van der Waals surface area contributed by atoms with Gasteiger partial charge in [-0.1, -0.05) is 6.07 Å². The number of morpholine rings is 1. The molecule has 2 saturated heterocycles. The van der Waals surface area contributed by atoms with E-state index in [2.05, 4.69) is 9.80 Å². The lowest BCUT2D eigenvalue weighted by Gasteiger charge is -2.48. The molecule has 0 amide bonds. The van der Waals surface area contributed by atoms with Crippen molar-refractivity contribution >= 4 is 0 Å². The molecule has 4 rings (SSSR count). The van der Waals surface area contributed by atoms with Gasteiger partial charge >= 0.3 is 0 Å². The Labute approximate surface area is 129 Å². The zero-order valence-electron chi connectivity index (χ0n) is 12.7. The van der Waals surface area contributed by atoms with E-state index in [-0.39, 0.29) is 0 Å². The van der Waals surface area contributed by atoms with Gasteiger partial charge in [-0.3, -0.25) is 9.80 Å². The molecule has 0 bridgehead atoms. The van der Waals surface area contributed by atoms with Crippen LogP contribution >= 0.6 is 0 Å². The van der Waals surface area contributed by atoms with E-state index in [9.17, 15) is 8.78 Å². The van der Waals surface area contributed by atoms with Gasteiger partial charge < -0.3 is 4.74 Å². The molecule has 0 radical (unpaired) electrons. The molecule has 2 aliphatic heterocycles. The van der Waals surface area contributed by atoms with Gasteiger partial charge in [0.25, 0.3) is 0 Å². The maximum Gasteiger partial charge on any atom is 0.130 e. The highest BCUT2D eigenvalue weighted by Crippen LogP contribution is 2.38. The average Bonchev–Trinajstić information content (AvgIpc) is 3.34. The molecule has 0 spiro atoms. The number of hydrogen-bond acceptors (Lipinski definition) is 3. The summed E-state index contributed by atoms with van der Waals surface area (Å²) < 4.78 is 32.6. The third kappa shape index (κ3) is 2.90. The van der Waals surface area contributed by atoms with Crippen molar-refractivity contribution in [3.05, 3.63) is 35.4 Å². The van der Waals surface area contributed by atoms with E-state index in [1.807, 2.05) is 0 Å². The third-order valence-corrected chi connectivity index (χ3v) is 5.21. The molecule has 1 aromatic rings. The van der Waals surface area contributed by atoms with E-state index >= 15 is 0 Å². The van der Waals surface area contributed by atoms with Crippen molar-refractivity contribution in [3.63, 3.8) is 0 Å². The van der Waals surface area contributed by atoms with Gasteiger partial charge in [0, 0.05) is 49.9 Å². The Morgan fingerprint density at radius 3 is 2.77 bits per heavy atom. The molecule has 2 atom stereocenters. The van der Waals surface area contributed by atoms with Crippen LogP contribution in [0.5, 0.6) is 0 Å². The van der Waals surface area contributed by atoms with Crippen molar-refractivity contribution in [3.8, 4) is 0 Å². The largest absolute Gasteiger partial charge is 0.378 e. The fourth-order valence-corrected chi connectivity index (χ4v) is 3.86. The highest BCUT2D eigenvalue weighted by Gasteiger charge is 2.42. The molecule has 3 fully saturated rings. The molecular weight excluding hydrogens is 286 g/mol. The van der Waals surface area contributed by atoms with Gasteiger partial charge in [-0.05, 0) is 24.8 Å². The summed E-state index contributed by atoms with van der Waals surface area (Å²) in [6.07, 6.45) is 2.67. The van der Waals surface area contributed by atoms with E-state index in [0.29, 0.717) is 24.2 Å². The number of nitrogens with zero attached hydrogens (tertiary/aromatic N) is 2. The number of ether oxygens (including phenoxy) is 1. The standard InChI is InChI=1S/C17H22F2N2O/c18-14-4-3-13(16(19)7-14)8-20-5-6-21-15(9-20)10-22-11-17(21)12-1-2-12/h3-4,7,12,15,17H,1-2,5-6,8-11H2/t15-,17-/m1/s1. The molecule has 1 aliphatic carbocycles. The van der Waals surface area contributed by atoms with Crippen LogP contribution in [-0.2, 0) is 11.3 Å². The molecular formula is C17H22F2N2O. The molecule has 1 saturated carbocycles. The smallest absolute Gasteiger partial charge is 0.130 e. The maximum atomic E-state index is 13.8. The van der Waals surface area contributed by atoms with E-state index < -0.39 is 11.6 Å². The normalized spacial score (nSPS) is 30.3. The summed E-state index contributed by atoms with van der Waals surface area (Å²) in [7, 11) is 0. The average molecular weight is 308 g/mol. The maximum absolute atomic E-state index is 13.8. The van der Waals surface area contributed by atoms with Crippen LogP contribution in [0.1, 0.15) is 18.4 Å². The van der Waals surface area contributed by atoms with Crippen LogP contribution in [-0.4, -0.2) is 54.7 Å². The van der Waals surface area contributed by atoms with E-state index in [1.54, 1.807) is 6.07 Å². The van der Waals surface area contributed by atoms with Crippen LogP contribution in [0, 0.1) is 17.6 Å². The molecule has 3 aliphatic rings. The van der Waals surface area contributed by atoms with Crippen molar-refractivity contribution in [2.24, 2.45) is 5.92 Å². The van der Waals surface area contributed by atoms with Gasteiger partial charge in [0.1, 0.15) is 11.6 Å². The van der Waals surface area contributed by atoms with Crippen LogP contribution < -0.4 is 0 Å². The second-order valence-corrected chi connectivity index (χ2v) is 6.80. The Balaban J connectivity index is 1.41. The fourth-order valence-electron chi connectivity index (χ4n) is 3.86. The lowest BCUT2D eigenvalue weighted by molar-refractivity contribution is -0.0881. The Hall–Kier alpha value is -1.04. The van der Waals surface area contributed by atoms with Crippen molar-refractivity contribution in [2.45, 2.75) is 31.5 Å². The van der Waals surface area contributed by atoms with Crippen LogP contribution in [0.3, 0.4) is 0 Å². The third-order valence-electron chi connectivity index (χ3n) is 5.21. The minimum absolute atomic E-state index is 0.414. The van der Waals surface area contributed by atoms with E-state index in [1.165, 1.54) is 18.9 Å². The van der Waals surface area contributed by atoms with Crippen molar-refractivity contribution in [1.29, 1.82) is 0 Å². The van der Waals surface area contributed by atoms with Crippen molar-refractivity contribution in [1.82, 2.24) is 9.80 Å². The first kappa shape index (κ1) is 14.5. The first-order valence-electron chi connectivity index (χ1n) is 8.20. The van der Waals surface area contributed by atoms with Gasteiger partial charge in [0.15, 0.2) is 0 Å². The number of hydrogen-bond donors (Lipinski definition) is 0. The molecule has 2 heterocycles. The highest BCUT2D eigenvalue weighted by molar-refractivity contribution is 5.18. The highest BCUT2D eigenvalue weighted by atomic mass is 19.1. The predicted molar refractivity (Wildman–Crippen MR) is 79.5 cm³/mol. The Morgan fingerprint density at radius 2 is 2.00 bits per heavy atom. The summed E-state index contributed by atoms with van der Waals surface area (Å²) in [4.78, 5) is 4.87. The second-order valence-electron chi connectivity index (χ2n) is 6.80. The number of rotatable bonds is 3. The van der Waals surface area contributed by atoms with Crippen molar-refractivity contribution < 1.29 is 13.5 Å². The monoisotopic (exact) mass is 308 g/mol. The molecule has 0 unspecified atom stereocenters. The molecule has 120 valence electrons. The Bertz CT molecular complexity index is 549. The number of piperazine rings is 1. The number of benzene rings is 1. The SMILES string of the molecule is Fc1ccc(CN2CCN3[C@@H](COC[C@@H]3C3CC3)C2)c(F)c1. The molecule has 0 aromatic heterocycles. The minimum Gasteiger partial charge on any atom is -0.378 e. The summed E-state index contributed by atoms with van der Waals surface area (Å²) in [5, 5.41) is 0. The lowest BCUT2D eigenvalue weighted by Crippen LogP contribution is -2.62. The first-order chi connectivity index (χ1) is 10.7. The topological polar surface area (TPSA) is 15.7 Å². The summed E-state index contributed by atoms with van der Waals surface area (Å²) in [6, 6.07) is 4.86. The van der Waals surface area contributed by atoms with Crippen molar-refractivity contribution in [2.75, 3.05) is 32.8 Å². The summed E-state index contributed by atoms with van der Waals surface area (Å²) >= 11 is 0. The zero-order valence-corrected chi connectivity index (χ0v) is 12.7. The van der Waals surface area contributed by atoms with Gasteiger partial charge in [-0.15, -0.1) is 0 Å². The minimum atomic E-state index is -0.515. The van der Waals surface area contributed by atoms with Crippen LogP contribution in [0.25, 0.3) is 0 Å². The molecule has 0 N–H and O–H groups in total. The fraction of sp³-hybridized carbons (Fsp3) is 0.647. The predicted octanol–water partition coefficient (Wildman–Crippen LogP) is 2.26. The van der Waals surface area contributed by atoms with Crippen LogP contribution in [0.4, 0.5) is 8.78 Å². The summed E-state index contributed by atoms with van der Waals surface area (Å²) in [5.41, 5.74) is 0.574. The quantitative estimate of drug-likeness (QED) is 0.852. The van der Waals surface area contributed by atoms with Gasteiger partial charge in [0.2, 0.25) is 0 Å². The molecule has 5 heteroatoms. The first-order valence-corrected chi connectivity index (χ1v) is 8.20. The Kier molecular flexibility index (Phi) is 3.88. The Morgan fingerprint density at radius 1 is 1.14 bits per heavy atom. The number of fused-ring (bicyclic) bond motifs is 1. The lowest BCUT2D eigenvalue weighted by atomic mass is 10.0. The van der Waals surface area contributed by atoms with Crippen LogP contribution in [0.15, 0.2) is 18.2 Å². The number of halogens is 2. The molecule has 1 aromatic carbocycles. The van der Waals surface area contributed by atoms with Crippen LogP contribution in [0.2, 0.25) is 0 Å². The molecule has 3 nitrogen and oxygen atoms in total. The summed E-state index contributed by atoms with van der Waals surface area (Å²) in [5.74, 6) is -0.138. The van der Waals surface area contributed by atoms with Gasteiger partial charge in [0.05, 0.1) is 13.2 Å². The zero-order chi connectivity index (χ0) is 15.1. The molecule has 22 heavy (non-hydrogen) atoms. The van der Waals surface area contributed by atoms with Gasteiger partial charge in [-0.2, -0.15) is 0 Å². The van der Waals surface area contributed by atoms with Gasteiger partial charge in [-0.25, -0.2) is 8.78 Å².